The molecule has 0 atom stereocenters. The first-order valence-electron chi connectivity index (χ1n) is 4.71. The number of ether oxygens (including phenoxy) is 1. The topological polar surface area (TPSA) is 85.9 Å². The average Bonchev–Trinajstić information content (AvgIpc) is 2.36. The number of hydrogen-bond donors (Lipinski definition) is 1. The van der Waals surface area contributed by atoms with Gasteiger partial charge in [-0.1, -0.05) is 12.1 Å². The minimum atomic E-state index is -0.577. The summed E-state index contributed by atoms with van der Waals surface area (Å²) < 4.78 is 4.91. The molecular formula is C12H9N3O2. The van der Waals surface area contributed by atoms with Gasteiger partial charge in [0.15, 0.2) is 0 Å². The van der Waals surface area contributed by atoms with Crippen LogP contribution in [-0.2, 0) is 0 Å². The average molecular weight is 227 g/mol. The maximum atomic E-state index is 11.0. The molecule has 1 N–H and O–H groups in total. The van der Waals surface area contributed by atoms with Crippen LogP contribution in [0.2, 0.25) is 0 Å². The van der Waals surface area contributed by atoms with Crippen LogP contribution in [0.3, 0.4) is 0 Å². The number of rotatable bonds is 2. The smallest absolute Gasteiger partial charge is 0.410 e. The van der Waals surface area contributed by atoms with Gasteiger partial charge in [0.05, 0.1) is 0 Å². The van der Waals surface area contributed by atoms with E-state index in [1.807, 2.05) is 0 Å². The van der Waals surface area contributed by atoms with E-state index in [0.29, 0.717) is 11.3 Å². The van der Waals surface area contributed by atoms with Gasteiger partial charge in [-0.15, -0.1) is 0 Å². The monoisotopic (exact) mass is 227 g/mol. The number of benzene rings is 1. The molecule has 0 spiro atoms. The standard InChI is InChI=1S/C12H9N3O2/c1-15-12(16)17-11-4-2-3-9(6-11)5-10(7-13)8-14/h2-6H,1H3,(H,15,16). The Morgan fingerprint density at radius 2 is 2.12 bits per heavy atom. The van der Waals surface area contributed by atoms with Crippen molar-refractivity contribution in [3.8, 4) is 17.9 Å². The van der Waals surface area contributed by atoms with Crippen LogP contribution in [0.15, 0.2) is 29.8 Å². The van der Waals surface area contributed by atoms with Crippen molar-refractivity contribution in [2.24, 2.45) is 0 Å². The normalized spacial score (nSPS) is 8.41. The van der Waals surface area contributed by atoms with Crippen LogP contribution >= 0.6 is 0 Å². The molecule has 1 amide bonds. The lowest BCUT2D eigenvalue weighted by Crippen LogP contribution is -2.21. The van der Waals surface area contributed by atoms with E-state index >= 15 is 0 Å². The molecule has 0 unspecified atom stereocenters. The Balaban J connectivity index is 2.95. The van der Waals surface area contributed by atoms with E-state index in [1.54, 1.807) is 36.4 Å². The van der Waals surface area contributed by atoms with Gasteiger partial charge in [0.25, 0.3) is 0 Å². The molecule has 0 radical (unpaired) electrons. The first-order chi connectivity index (χ1) is 8.19. The van der Waals surface area contributed by atoms with Crippen molar-refractivity contribution in [3.05, 3.63) is 35.4 Å². The lowest BCUT2D eigenvalue weighted by atomic mass is 10.1. The molecule has 0 bridgehead atoms. The Labute approximate surface area is 98.5 Å². The first-order valence-corrected chi connectivity index (χ1v) is 4.71. The van der Waals surface area contributed by atoms with Gasteiger partial charge in [0, 0.05) is 7.05 Å². The molecular weight excluding hydrogens is 218 g/mol. The van der Waals surface area contributed by atoms with Crippen molar-refractivity contribution in [1.82, 2.24) is 5.32 Å². The van der Waals surface area contributed by atoms with E-state index in [-0.39, 0.29) is 5.57 Å². The number of allylic oxidation sites excluding steroid dienone is 1. The maximum Gasteiger partial charge on any atom is 0.412 e. The Hall–Kier alpha value is -2.79. The van der Waals surface area contributed by atoms with Crippen LogP contribution in [0.4, 0.5) is 4.79 Å². The second kappa shape index (κ2) is 5.94. The van der Waals surface area contributed by atoms with Crippen LogP contribution in [0, 0.1) is 22.7 Å². The number of nitriles is 2. The van der Waals surface area contributed by atoms with Crippen LogP contribution < -0.4 is 10.1 Å². The summed E-state index contributed by atoms with van der Waals surface area (Å²) in [5.74, 6) is 0.341. The third-order valence-electron chi connectivity index (χ3n) is 1.82. The van der Waals surface area contributed by atoms with Crippen molar-refractivity contribution in [3.63, 3.8) is 0 Å². The largest absolute Gasteiger partial charge is 0.412 e. The number of amides is 1. The van der Waals surface area contributed by atoms with Crippen molar-refractivity contribution in [1.29, 1.82) is 10.5 Å². The molecule has 84 valence electrons. The lowest BCUT2D eigenvalue weighted by Gasteiger charge is -2.03. The second-order valence-corrected chi connectivity index (χ2v) is 2.99. The summed E-state index contributed by atoms with van der Waals surface area (Å²) in [6.45, 7) is 0. The second-order valence-electron chi connectivity index (χ2n) is 2.99. The highest BCUT2D eigenvalue weighted by atomic mass is 16.5. The Kier molecular flexibility index (Phi) is 4.29. The van der Waals surface area contributed by atoms with Gasteiger partial charge in [-0.2, -0.15) is 10.5 Å². The number of nitrogens with one attached hydrogen (secondary N) is 1. The summed E-state index contributed by atoms with van der Waals surface area (Å²) in [7, 11) is 1.45. The van der Waals surface area contributed by atoms with Crippen LogP contribution in [0.5, 0.6) is 5.75 Å². The minimum Gasteiger partial charge on any atom is -0.410 e. The molecule has 5 heteroatoms. The van der Waals surface area contributed by atoms with Crippen molar-refractivity contribution >= 4 is 12.2 Å². The van der Waals surface area contributed by atoms with Crippen LogP contribution in [0.25, 0.3) is 6.08 Å². The van der Waals surface area contributed by atoms with Crippen LogP contribution in [0.1, 0.15) is 5.56 Å². The van der Waals surface area contributed by atoms with Gasteiger partial charge >= 0.3 is 6.09 Å². The van der Waals surface area contributed by atoms with Gasteiger partial charge in [-0.05, 0) is 23.8 Å². The molecule has 5 nitrogen and oxygen atoms in total. The molecule has 0 saturated heterocycles. The Morgan fingerprint density at radius 3 is 2.71 bits per heavy atom. The fraction of sp³-hybridized carbons (Fsp3) is 0.0833. The maximum absolute atomic E-state index is 11.0. The van der Waals surface area contributed by atoms with Crippen LogP contribution in [-0.4, -0.2) is 13.1 Å². The Morgan fingerprint density at radius 1 is 1.41 bits per heavy atom. The first kappa shape index (κ1) is 12.3. The third kappa shape index (κ3) is 3.69. The zero-order valence-electron chi connectivity index (χ0n) is 9.10. The summed E-state index contributed by atoms with van der Waals surface area (Å²) in [4.78, 5) is 11.0. The summed E-state index contributed by atoms with van der Waals surface area (Å²) in [6.07, 6.45) is 0.836. The predicted octanol–water partition coefficient (Wildman–Crippen LogP) is 1.84. The van der Waals surface area contributed by atoms with E-state index in [1.165, 1.54) is 13.1 Å². The van der Waals surface area contributed by atoms with Gasteiger partial charge in [0.2, 0.25) is 0 Å². The zero-order chi connectivity index (χ0) is 12.7. The van der Waals surface area contributed by atoms with E-state index in [0.717, 1.165) is 0 Å². The third-order valence-corrected chi connectivity index (χ3v) is 1.82. The fourth-order valence-corrected chi connectivity index (χ4v) is 1.08. The molecule has 1 aromatic rings. The SMILES string of the molecule is CNC(=O)Oc1cccc(C=C(C#N)C#N)c1. The summed E-state index contributed by atoms with van der Waals surface area (Å²) in [6, 6.07) is 10.0. The number of hydrogen-bond acceptors (Lipinski definition) is 4. The highest BCUT2D eigenvalue weighted by molar-refractivity contribution is 5.70. The Bertz CT molecular complexity index is 519. The molecule has 0 aliphatic heterocycles. The van der Waals surface area contributed by atoms with E-state index in [9.17, 15) is 4.79 Å². The summed E-state index contributed by atoms with van der Waals surface area (Å²) in [5, 5.41) is 19.5. The van der Waals surface area contributed by atoms with Crippen molar-refractivity contribution in [2.45, 2.75) is 0 Å². The highest BCUT2D eigenvalue weighted by Gasteiger charge is 2.01. The van der Waals surface area contributed by atoms with E-state index < -0.39 is 6.09 Å². The predicted molar refractivity (Wildman–Crippen MR) is 60.7 cm³/mol. The summed E-state index contributed by atoms with van der Waals surface area (Å²) >= 11 is 0. The number of nitrogens with zero attached hydrogens (tertiary/aromatic N) is 2. The fourth-order valence-electron chi connectivity index (χ4n) is 1.08. The molecule has 0 heterocycles. The zero-order valence-corrected chi connectivity index (χ0v) is 9.10. The van der Waals surface area contributed by atoms with Gasteiger partial charge < -0.3 is 10.1 Å². The quantitative estimate of drug-likeness (QED) is 0.781. The van der Waals surface area contributed by atoms with E-state index in [4.69, 9.17) is 15.3 Å². The summed E-state index contributed by atoms with van der Waals surface area (Å²) in [5.41, 5.74) is 0.603. The van der Waals surface area contributed by atoms with Crippen molar-refractivity contribution in [2.75, 3.05) is 7.05 Å². The number of carbonyl (C=O) groups excluding carboxylic acids is 1. The lowest BCUT2D eigenvalue weighted by molar-refractivity contribution is 0.203. The number of carbonyl (C=O) groups is 1. The van der Waals surface area contributed by atoms with Gasteiger partial charge in [0.1, 0.15) is 23.5 Å². The highest BCUT2D eigenvalue weighted by Crippen LogP contribution is 2.15. The van der Waals surface area contributed by atoms with Gasteiger partial charge in [-0.3, -0.25) is 0 Å². The van der Waals surface area contributed by atoms with Crippen molar-refractivity contribution < 1.29 is 9.53 Å². The molecule has 0 fully saturated rings. The van der Waals surface area contributed by atoms with E-state index in [2.05, 4.69) is 5.32 Å². The molecule has 1 rings (SSSR count). The molecule has 0 aliphatic rings. The molecule has 0 aromatic heterocycles. The molecule has 0 saturated carbocycles. The molecule has 1 aromatic carbocycles. The minimum absolute atomic E-state index is 0.0120. The molecule has 17 heavy (non-hydrogen) atoms. The van der Waals surface area contributed by atoms with Gasteiger partial charge in [-0.25, -0.2) is 4.79 Å². The molecule has 0 aliphatic carbocycles.